The predicted octanol–water partition coefficient (Wildman–Crippen LogP) is 1.79. The highest BCUT2D eigenvalue weighted by Gasteiger charge is 2.35. The molecule has 3 N–H and O–H groups in total. The van der Waals surface area contributed by atoms with Crippen LogP contribution in [0.5, 0.6) is 0 Å². The number of halogens is 1. The van der Waals surface area contributed by atoms with Gasteiger partial charge in [0.2, 0.25) is 0 Å². The van der Waals surface area contributed by atoms with Crippen molar-refractivity contribution in [2.24, 2.45) is 0 Å². The average molecular weight is 343 g/mol. The minimum atomic E-state index is -0.758. The van der Waals surface area contributed by atoms with E-state index in [0.29, 0.717) is 18.2 Å². The van der Waals surface area contributed by atoms with E-state index in [1.54, 1.807) is 6.07 Å². The lowest BCUT2D eigenvalue weighted by Crippen LogP contribution is -2.55. The fraction of sp³-hybridized carbons (Fsp3) is 0.429. The molecule has 0 aliphatic carbocycles. The third-order valence-electron chi connectivity index (χ3n) is 3.26. The van der Waals surface area contributed by atoms with Crippen LogP contribution in [0.25, 0.3) is 0 Å². The summed E-state index contributed by atoms with van der Waals surface area (Å²) in [6.45, 7) is 2.26. The molecular weight excluding hydrogens is 324 g/mol. The Morgan fingerprint density at radius 1 is 1.43 bits per heavy atom. The van der Waals surface area contributed by atoms with Gasteiger partial charge in [-0.15, -0.1) is 11.6 Å². The molecule has 0 radical (unpaired) electrons. The number of hydrogen-bond donors (Lipinski definition) is 3. The molecule has 1 aromatic carbocycles. The molecule has 1 unspecified atom stereocenters. The van der Waals surface area contributed by atoms with Gasteiger partial charge in [-0.05, 0) is 18.6 Å². The van der Waals surface area contributed by atoms with Gasteiger partial charge in [0, 0.05) is 5.88 Å². The van der Waals surface area contributed by atoms with E-state index in [4.69, 9.17) is 16.3 Å². The van der Waals surface area contributed by atoms with Crippen LogP contribution in [0.15, 0.2) is 18.2 Å². The van der Waals surface area contributed by atoms with Crippen LogP contribution < -0.4 is 20.9 Å². The number of hydrogen-bond acceptors (Lipinski definition) is 5. The van der Waals surface area contributed by atoms with Gasteiger partial charge in [-0.1, -0.05) is 12.1 Å². The number of nitrogens with zero attached hydrogens (tertiary/aromatic N) is 1. The monoisotopic (exact) mass is 342 g/mol. The largest absolute Gasteiger partial charge is 0.453 e. The Kier molecular flexibility index (Phi) is 5.89. The Balaban J connectivity index is 2.15. The number of fused-ring (bicyclic) bond motifs is 1. The van der Waals surface area contributed by atoms with Crippen LogP contribution in [-0.4, -0.2) is 44.7 Å². The lowest BCUT2D eigenvalue weighted by atomic mass is 10.2. The van der Waals surface area contributed by atoms with E-state index < -0.39 is 18.4 Å². The molecule has 23 heavy (non-hydrogen) atoms. The molecule has 3 amide bonds. The molecule has 1 aromatic rings. The number of methoxy groups -OCH3 is 1. The van der Waals surface area contributed by atoms with Crippen molar-refractivity contribution in [3.8, 4) is 0 Å². The summed E-state index contributed by atoms with van der Waals surface area (Å²) in [6.07, 6.45) is -1.41. The van der Waals surface area contributed by atoms with E-state index in [1.165, 1.54) is 12.0 Å². The van der Waals surface area contributed by atoms with E-state index in [0.717, 1.165) is 11.3 Å². The third kappa shape index (κ3) is 3.96. The molecule has 9 heteroatoms. The Labute approximate surface area is 139 Å². The van der Waals surface area contributed by atoms with Crippen LogP contribution >= 0.6 is 11.6 Å². The Morgan fingerprint density at radius 2 is 2.22 bits per heavy atom. The summed E-state index contributed by atoms with van der Waals surface area (Å²) in [6, 6.07) is 5.11. The number of carbonyl (C=O) groups excluding carboxylic acids is 2. The number of aryl methyl sites for hydroxylation is 1. The molecule has 1 atom stereocenters. The number of urea groups is 1. The molecular formula is C14H19ClN4O4. The van der Waals surface area contributed by atoms with Crippen LogP contribution in [0.3, 0.4) is 0 Å². The van der Waals surface area contributed by atoms with E-state index in [1.807, 2.05) is 19.1 Å². The third-order valence-corrected chi connectivity index (χ3v) is 3.41. The first-order valence-corrected chi connectivity index (χ1v) is 7.53. The fourth-order valence-electron chi connectivity index (χ4n) is 2.20. The maximum absolute atomic E-state index is 12.4. The van der Waals surface area contributed by atoms with E-state index >= 15 is 0 Å². The van der Waals surface area contributed by atoms with Gasteiger partial charge in [0.15, 0.2) is 6.29 Å². The van der Waals surface area contributed by atoms with Gasteiger partial charge in [-0.2, -0.15) is 0 Å². The maximum Gasteiger partial charge on any atom is 0.409 e. The van der Waals surface area contributed by atoms with Crippen molar-refractivity contribution in [3.05, 3.63) is 23.8 Å². The van der Waals surface area contributed by atoms with Crippen molar-refractivity contribution in [2.45, 2.75) is 13.2 Å². The topological polar surface area (TPSA) is 91.9 Å². The van der Waals surface area contributed by atoms with Crippen molar-refractivity contribution < 1.29 is 19.1 Å². The number of nitrogens with one attached hydrogen (secondary N) is 3. The van der Waals surface area contributed by atoms with E-state index in [9.17, 15) is 9.59 Å². The summed E-state index contributed by atoms with van der Waals surface area (Å²) in [5.41, 5.74) is 2.37. The standard InChI is InChI=1S/C14H19ClN4O4/c1-9-4-3-5-10-11(9)17-12(18-14(21)22-2)19(10)13(20)16-8-23-7-6-15/h3-5,12,17H,6-8H2,1-2H3,(H,16,20)(H,18,21). The Bertz CT molecular complexity index is 584. The summed E-state index contributed by atoms with van der Waals surface area (Å²) in [5.74, 6) is 0.343. The number of carbonyl (C=O) groups is 2. The van der Waals surface area contributed by atoms with Crippen LogP contribution in [0.2, 0.25) is 0 Å². The minimum absolute atomic E-state index is 0.0220. The highest BCUT2D eigenvalue weighted by Crippen LogP contribution is 2.36. The molecule has 8 nitrogen and oxygen atoms in total. The SMILES string of the molecule is COC(=O)NC1Nc2c(C)cccc2N1C(=O)NCOCCCl. The minimum Gasteiger partial charge on any atom is -0.453 e. The summed E-state index contributed by atoms with van der Waals surface area (Å²) >= 11 is 5.51. The van der Waals surface area contributed by atoms with Gasteiger partial charge in [0.1, 0.15) is 6.73 Å². The molecule has 1 aliphatic rings. The smallest absolute Gasteiger partial charge is 0.409 e. The van der Waals surface area contributed by atoms with Crippen LogP contribution in [0.1, 0.15) is 5.56 Å². The van der Waals surface area contributed by atoms with Crippen LogP contribution in [0, 0.1) is 6.92 Å². The summed E-state index contributed by atoms with van der Waals surface area (Å²) < 4.78 is 9.73. The number of ether oxygens (including phenoxy) is 2. The zero-order chi connectivity index (χ0) is 16.8. The van der Waals surface area contributed by atoms with Gasteiger partial charge in [0.05, 0.1) is 25.1 Å². The zero-order valence-corrected chi connectivity index (χ0v) is 13.6. The highest BCUT2D eigenvalue weighted by molar-refractivity contribution is 6.17. The van der Waals surface area contributed by atoms with Crippen molar-refractivity contribution in [3.63, 3.8) is 0 Å². The summed E-state index contributed by atoms with van der Waals surface area (Å²) in [7, 11) is 1.26. The average Bonchev–Trinajstić information content (AvgIpc) is 2.90. The first-order valence-electron chi connectivity index (χ1n) is 7.00. The second-order valence-electron chi connectivity index (χ2n) is 4.75. The number of benzene rings is 1. The van der Waals surface area contributed by atoms with Gasteiger partial charge in [-0.25, -0.2) is 9.59 Å². The van der Waals surface area contributed by atoms with Gasteiger partial charge >= 0.3 is 12.1 Å². The van der Waals surface area contributed by atoms with Crippen LogP contribution in [-0.2, 0) is 9.47 Å². The number of para-hydroxylation sites is 1. The zero-order valence-electron chi connectivity index (χ0n) is 12.9. The molecule has 0 saturated carbocycles. The lowest BCUT2D eigenvalue weighted by molar-refractivity contribution is 0.134. The van der Waals surface area contributed by atoms with Gasteiger partial charge < -0.3 is 20.1 Å². The van der Waals surface area contributed by atoms with Crippen LogP contribution in [0.4, 0.5) is 21.0 Å². The Morgan fingerprint density at radius 3 is 2.91 bits per heavy atom. The summed E-state index contributed by atoms with van der Waals surface area (Å²) in [4.78, 5) is 25.3. The van der Waals surface area contributed by atoms with E-state index in [2.05, 4.69) is 20.7 Å². The normalized spacial score (nSPS) is 15.6. The lowest BCUT2D eigenvalue weighted by Gasteiger charge is -2.25. The molecule has 0 bridgehead atoms. The van der Waals surface area contributed by atoms with Crippen molar-refractivity contribution in [1.82, 2.24) is 10.6 Å². The summed E-state index contributed by atoms with van der Waals surface area (Å²) in [5, 5.41) is 8.27. The molecule has 0 aromatic heterocycles. The number of anilines is 2. The molecule has 0 saturated heterocycles. The number of rotatable bonds is 5. The maximum atomic E-state index is 12.4. The molecule has 0 fully saturated rings. The molecule has 126 valence electrons. The second-order valence-corrected chi connectivity index (χ2v) is 5.12. The number of alkyl carbamates (subject to hydrolysis) is 1. The Hall–Kier alpha value is -2.19. The van der Waals surface area contributed by atoms with Crippen molar-refractivity contribution in [2.75, 3.05) is 36.5 Å². The quantitative estimate of drug-likeness (QED) is 0.431. The molecule has 1 aliphatic heterocycles. The fourth-order valence-corrected chi connectivity index (χ4v) is 2.31. The van der Waals surface area contributed by atoms with Gasteiger partial charge in [-0.3, -0.25) is 10.2 Å². The first-order chi connectivity index (χ1) is 11.1. The second kappa shape index (κ2) is 7.89. The van der Waals surface area contributed by atoms with Crippen molar-refractivity contribution >= 4 is 35.1 Å². The predicted molar refractivity (Wildman–Crippen MR) is 86.7 cm³/mol. The molecule has 0 spiro atoms. The number of amides is 3. The van der Waals surface area contributed by atoms with Crippen molar-refractivity contribution in [1.29, 1.82) is 0 Å². The molecule has 2 rings (SSSR count). The van der Waals surface area contributed by atoms with Gasteiger partial charge in [0.25, 0.3) is 0 Å². The highest BCUT2D eigenvalue weighted by atomic mass is 35.5. The number of alkyl halides is 1. The van der Waals surface area contributed by atoms with E-state index in [-0.39, 0.29) is 6.73 Å². The molecule has 1 heterocycles. The first kappa shape index (κ1) is 17.2.